The highest BCUT2D eigenvalue weighted by Gasteiger charge is 2.44. The number of carbonyl (C=O) groups excluding carboxylic acids is 1. The Morgan fingerprint density at radius 1 is 0.380 bits per heavy atom. The van der Waals surface area contributed by atoms with E-state index in [2.05, 4.69) is 19.2 Å². The third-order valence-corrected chi connectivity index (χ3v) is 17.7. The van der Waals surface area contributed by atoms with Gasteiger partial charge in [0, 0.05) is 6.42 Å². The van der Waals surface area contributed by atoms with Gasteiger partial charge in [-0.15, -0.1) is 0 Å². The highest BCUT2D eigenvalue weighted by molar-refractivity contribution is 5.76. The van der Waals surface area contributed by atoms with E-state index in [9.17, 15) is 30.3 Å². The van der Waals surface area contributed by atoms with Crippen molar-refractivity contribution in [2.75, 3.05) is 13.2 Å². The molecular weight excluding hydrogens is 983 g/mol. The molecule has 9 nitrogen and oxygen atoms in total. The number of hydrogen-bond donors (Lipinski definition) is 6. The summed E-state index contributed by atoms with van der Waals surface area (Å²) >= 11 is 0. The van der Waals surface area contributed by atoms with E-state index < -0.39 is 49.5 Å². The maximum atomic E-state index is 13.1. The van der Waals surface area contributed by atoms with Gasteiger partial charge >= 0.3 is 0 Å². The zero-order chi connectivity index (χ0) is 57.2. The van der Waals surface area contributed by atoms with Gasteiger partial charge in [-0.05, 0) is 12.8 Å². The van der Waals surface area contributed by atoms with Gasteiger partial charge in [-0.3, -0.25) is 4.79 Å². The molecular formula is C70H139NO8. The molecule has 1 aliphatic rings. The van der Waals surface area contributed by atoms with Crippen LogP contribution in [0.5, 0.6) is 0 Å². The van der Waals surface area contributed by atoms with Crippen LogP contribution in [0, 0.1) is 0 Å². The molecule has 1 aliphatic heterocycles. The molecule has 7 atom stereocenters. The number of unbranched alkanes of at least 4 members (excludes halogenated alkanes) is 54. The molecule has 79 heavy (non-hydrogen) atoms. The van der Waals surface area contributed by atoms with Crippen LogP contribution in [-0.4, -0.2) is 87.5 Å². The first kappa shape index (κ1) is 76.2. The minimum Gasteiger partial charge on any atom is -0.394 e. The van der Waals surface area contributed by atoms with Gasteiger partial charge in [0.25, 0.3) is 0 Å². The number of amides is 1. The Labute approximate surface area is 491 Å². The van der Waals surface area contributed by atoms with Gasteiger partial charge in [0.1, 0.15) is 24.4 Å². The van der Waals surface area contributed by atoms with Gasteiger partial charge in [-0.25, -0.2) is 0 Å². The summed E-state index contributed by atoms with van der Waals surface area (Å²) in [5.41, 5.74) is 0. The molecule has 472 valence electrons. The van der Waals surface area contributed by atoms with Crippen molar-refractivity contribution < 1.29 is 39.8 Å². The van der Waals surface area contributed by atoms with Crippen LogP contribution in [0.15, 0.2) is 0 Å². The Hall–Kier alpha value is -0.810. The first-order chi connectivity index (χ1) is 38.8. The number of nitrogens with one attached hydrogen (secondary N) is 1. The van der Waals surface area contributed by atoms with Crippen molar-refractivity contribution in [2.45, 2.75) is 429 Å². The van der Waals surface area contributed by atoms with Gasteiger partial charge in [0.2, 0.25) is 5.91 Å². The largest absolute Gasteiger partial charge is 0.394 e. The average molecular weight is 1120 g/mol. The molecule has 1 heterocycles. The molecule has 0 aliphatic carbocycles. The van der Waals surface area contributed by atoms with Gasteiger partial charge < -0.3 is 40.3 Å². The summed E-state index contributed by atoms with van der Waals surface area (Å²) in [7, 11) is 0. The molecule has 1 rings (SSSR count). The molecule has 0 aromatic rings. The molecule has 1 fully saturated rings. The van der Waals surface area contributed by atoms with Crippen LogP contribution in [0.4, 0.5) is 0 Å². The van der Waals surface area contributed by atoms with E-state index in [1.807, 2.05) is 0 Å². The minimum atomic E-state index is -1.55. The summed E-state index contributed by atoms with van der Waals surface area (Å²) in [6.07, 6.45) is 69.0. The first-order valence-electron chi connectivity index (χ1n) is 35.7. The Bertz CT molecular complexity index is 1210. The van der Waals surface area contributed by atoms with Crippen LogP contribution in [0.2, 0.25) is 0 Å². The number of hydrogen-bond acceptors (Lipinski definition) is 8. The highest BCUT2D eigenvalue weighted by atomic mass is 16.7. The maximum absolute atomic E-state index is 13.1. The van der Waals surface area contributed by atoms with Crippen molar-refractivity contribution in [1.29, 1.82) is 0 Å². The van der Waals surface area contributed by atoms with Crippen molar-refractivity contribution in [3.63, 3.8) is 0 Å². The number of rotatable bonds is 64. The number of aliphatic hydroxyl groups is 5. The summed E-state index contributed by atoms with van der Waals surface area (Å²) in [6, 6.07) is -0.715. The SMILES string of the molecule is CCCCCCCCCCCCCCCCCCCCCCCCCCCCCCCCCCCCC(=O)NC(COC1OC(CO)C(O)C(O)C1O)C(O)CCCCCCCCCCCCCCCCCCCCCCCC. The smallest absolute Gasteiger partial charge is 0.220 e. The second-order valence-electron chi connectivity index (χ2n) is 25.4. The average Bonchev–Trinajstić information content (AvgIpc) is 3.47. The molecule has 0 aromatic heterocycles. The van der Waals surface area contributed by atoms with Crippen LogP contribution in [-0.2, 0) is 14.3 Å². The van der Waals surface area contributed by atoms with Crippen LogP contribution >= 0.6 is 0 Å². The molecule has 0 radical (unpaired) electrons. The van der Waals surface area contributed by atoms with E-state index in [0.717, 1.165) is 38.5 Å². The molecule has 9 heteroatoms. The van der Waals surface area contributed by atoms with E-state index in [4.69, 9.17) is 9.47 Å². The van der Waals surface area contributed by atoms with Crippen molar-refractivity contribution >= 4 is 5.91 Å². The lowest BCUT2D eigenvalue weighted by Gasteiger charge is -2.40. The van der Waals surface area contributed by atoms with Crippen molar-refractivity contribution in [2.24, 2.45) is 0 Å². The normalized spacial score (nSPS) is 18.4. The van der Waals surface area contributed by atoms with E-state index in [1.165, 1.54) is 321 Å². The zero-order valence-corrected chi connectivity index (χ0v) is 52.9. The fourth-order valence-corrected chi connectivity index (χ4v) is 12.1. The third-order valence-electron chi connectivity index (χ3n) is 17.7. The summed E-state index contributed by atoms with van der Waals surface area (Å²) in [6.45, 7) is 3.91. The molecule has 1 saturated heterocycles. The molecule has 0 aromatic carbocycles. The van der Waals surface area contributed by atoms with Gasteiger partial charge in [-0.2, -0.15) is 0 Å². The fourth-order valence-electron chi connectivity index (χ4n) is 12.1. The zero-order valence-electron chi connectivity index (χ0n) is 52.9. The molecule has 6 N–H and O–H groups in total. The second-order valence-corrected chi connectivity index (χ2v) is 25.4. The molecule has 0 saturated carbocycles. The third kappa shape index (κ3) is 49.2. The summed E-state index contributed by atoms with van der Waals surface area (Å²) < 4.78 is 11.4. The quantitative estimate of drug-likeness (QED) is 0.0330. The van der Waals surface area contributed by atoms with Crippen LogP contribution < -0.4 is 5.32 Å². The topological polar surface area (TPSA) is 149 Å². The lowest BCUT2D eigenvalue weighted by molar-refractivity contribution is -0.302. The van der Waals surface area contributed by atoms with Crippen molar-refractivity contribution in [1.82, 2.24) is 5.32 Å². The molecule has 0 bridgehead atoms. The summed E-state index contributed by atoms with van der Waals surface area (Å²) in [4.78, 5) is 13.1. The van der Waals surface area contributed by atoms with Crippen molar-refractivity contribution in [3.8, 4) is 0 Å². The predicted molar refractivity (Wildman–Crippen MR) is 337 cm³/mol. The second kappa shape index (κ2) is 60.3. The number of ether oxygens (including phenoxy) is 2. The first-order valence-corrected chi connectivity index (χ1v) is 35.7. The van der Waals surface area contributed by atoms with E-state index >= 15 is 0 Å². The Morgan fingerprint density at radius 3 is 0.899 bits per heavy atom. The Balaban J connectivity index is 2.06. The Kier molecular flexibility index (Phi) is 58.2. The van der Waals surface area contributed by atoms with Crippen molar-refractivity contribution in [3.05, 3.63) is 0 Å². The van der Waals surface area contributed by atoms with Gasteiger partial charge in [0.05, 0.1) is 25.4 Å². The number of aliphatic hydroxyl groups excluding tert-OH is 5. The van der Waals surface area contributed by atoms with Gasteiger partial charge in [-0.1, -0.05) is 367 Å². The van der Waals surface area contributed by atoms with Gasteiger partial charge in [0.15, 0.2) is 6.29 Å². The van der Waals surface area contributed by atoms with E-state index in [-0.39, 0.29) is 12.5 Å². The highest BCUT2D eigenvalue weighted by Crippen LogP contribution is 2.24. The van der Waals surface area contributed by atoms with E-state index in [0.29, 0.717) is 12.8 Å². The fraction of sp³-hybridized carbons (Fsp3) is 0.986. The lowest BCUT2D eigenvalue weighted by atomic mass is 9.99. The Morgan fingerprint density at radius 2 is 0.633 bits per heavy atom. The molecule has 7 unspecified atom stereocenters. The summed E-state index contributed by atoms with van der Waals surface area (Å²) in [5, 5.41) is 54.9. The molecule has 1 amide bonds. The summed E-state index contributed by atoms with van der Waals surface area (Å²) in [5.74, 6) is -0.133. The lowest BCUT2D eigenvalue weighted by Crippen LogP contribution is -2.60. The minimum absolute atomic E-state index is 0.130. The monoisotopic (exact) mass is 1120 g/mol. The van der Waals surface area contributed by atoms with Crippen LogP contribution in [0.1, 0.15) is 386 Å². The van der Waals surface area contributed by atoms with Crippen LogP contribution in [0.3, 0.4) is 0 Å². The standard InChI is InChI=1S/C70H139NO8/c1-3-5-7-9-11-13-15-17-19-21-23-25-27-28-29-30-31-32-33-34-35-36-37-38-40-42-44-46-48-50-52-54-56-58-60-66(74)71-63(62-78-70-69(77)68(76)67(75)65(61-72)79-70)64(73)59-57-55-53-51-49-47-45-43-41-39-26-24-22-20-18-16-14-12-10-8-6-4-2/h63-65,67-70,72-73,75-77H,3-62H2,1-2H3,(H,71,74). The predicted octanol–water partition coefficient (Wildman–Crippen LogP) is 19.3. The van der Waals surface area contributed by atoms with Crippen LogP contribution in [0.25, 0.3) is 0 Å². The molecule has 0 spiro atoms. The van der Waals surface area contributed by atoms with E-state index in [1.54, 1.807) is 0 Å². The number of carbonyl (C=O) groups is 1. The maximum Gasteiger partial charge on any atom is 0.220 e.